The van der Waals surface area contributed by atoms with Crippen LogP contribution in [0.15, 0.2) is 18.5 Å². The van der Waals surface area contributed by atoms with Crippen molar-refractivity contribution < 1.29 is 4.74 Å². The van der Waals surface area contributed by atoms with E-state index in [4.69, 9.17) is 4.74 Å². The van der Waals surface area contributed by atoms with E-state index in [1.54, 1.807) is 6.20 Å². The number of aromatic nitrogens is 1. The molecule has 0 spiro atoms. The average molecular weight is 261 g/mol. The molecule has 0 atom stereocenters. The van der Waals surface area contributed by atoms with Gasteiger partial charge in [-0.1, -0.05) is 0 Å². The van der Waals surface area contributed by atoms with E-state index in [9.17, 15) is 0 Å². The summed E-state index contributed by atoms with van der Waals surface area (Å²) in [5.41, 5.74) is 1.17. The fourth-order valence-corrected chi connectivity index (χ4v) is 2.23. The van der Waals surface area contributed by atoms with Gasteiger partial charge in [-0.3, -0.25) is 4.98 Å². The second-order valence-electron chi connectivity index (χ2n) is 5.70. The Morgan fingerprint density at radius 2 is 2.21 bits per heavy atom. The molecule has 2 aliphatic rings. The molecule has 0 aromatic carbocycles. The Bertz CT molecular complexity index is 416. The first kappa shape index (κ1) is 12.9. The molecular formula is C15H23N3O. The number of hydrogen-bond donors (Lipinski definition) is 1. The third kappa shape index (κ3) is 3.91. The van der Waals surface area contributed by atoms with Gasteiger partial charge in [-0.05, 0) is 38.8 Å². The van der Waals surface area contributed by atoms with E-state index in [1.165, 1.54) is 31.2 Å². The van der Waals surface area contributed by atoms with Crippen molar-refractivity contribution in [2.75, 3.05) is 20.2 Å². The normalized spacial score (nSPS) is 18.8. The molecule has 1 aromatic rings. The van der Waals surface area contributed by atoms with Crippen LogP contribution in [0.3, 0.4) is 0 Å². The van der Waals surface area contributed by atoms with Crippen LogP contribution in [0.5, 0.6) is 5.75 Å². The monoisotopic (exact) mass is 261 g/mol. The zero-order chi connectivity index (χ0) is 13.1. The van der Waals surface area contributed by atoms with Gasteiger partial charge in [0, 0.05) is 43.1 Å². The van der Waals surface area contributed by atoms with Crippen molar-refractivity contribution >= 4 is 0 Å². The van der Waals surface area contributed by atoms with Gasteiger partial charge in [0.15, 0.2) is 0 Å². The van der Waals surface area contributed by atoms with Crippen molar-refractivity contribution in [3.05, 3.63) is 24.0 Å². The van der Waals surface area contributed by atoms with E-state index >= 15 is 0 Å². The minimum absolute atomic E-state index is 0.717. The second-order valence-corrected chi connectivity index (χ2v) is 5.70. The lowest BCUT2D eigenvalue weighted by Crippen LogP contribution is -2.26. The molecule has 0 saturated heterocycles. The molecule has 1 heterocycles. The lowest BCUT2D eigenvalue weighted by Gasteiger charge is -2.17. The summed E-state index contributed by atoms with van der Waals surface area (Å²) >= 11 is 0. The Balaban J connectivity index is 1.47. The van der Waals surface area contributed by atoms with Gasteiger partial charge in [-0.15, -0.1) is 0 Å². The highest BCUT2D eigenvalue weighted by Gasteiger charge is 2.25. The van der Waals surface area contributed by atoms with E-state index in [0.717, 1.165) is 31.5 Å². The van der Waals surface area contributed by atoms with Gasteiger partial charge in [0.25, 0.3) is 0 Å². The molecule has 4 heteroatoms. The molecule has 1 aromatic heterocycles. The van der Waals surface area contributed by atoms with Crippen molar-refractivity contribution in [3.8, 4) is 5.75 Å². The highest BCUT2D eigenvalue weighted by Crippen LogP contribution is 2.25. The molecule has 2 fully saturated rings. The van der Waals surface area contributed by atoms with Crippen LogP contribution in [0, 0.1) is 0 Å². The summed E-state index contributed by atoms with van der Waals surface area (Å²) in [7, 11) is 2.18. The van der Waals surface area contributed by atoms with Crippen molar-refractivity contribution in [2.45, 2.75) is 44.3 Å². The number of rotatable bonds is 8. The maximum atomic E-state index is 5.92. The summed E-state index contributed by atoms with van der Waals surface area (Å²) in [4.78, 5) is 6.59. The highest BCUT2D eigenvalue weighted by molar-refractivity contribution is 5.30. The third-order valence-corrected chi connectivity index (χ3v) is 3.89. The standard InChI is InChI=1S/C15H23N3O/c1-18(14-4-5-14)8-9-19-15-6-7-16-10-12(15)11-17-13-2-3-13/h6-7,10,13-14,17H,2-5,8-9,11H2,1H3. The van der Waals surface area contributed by atoms with Crippen LogP contribution >= 0.6 is 0 Å². The lowest BCUT2D eigenvalue weighted by molar-refractivity contribution is 0.230. The van der Waals surface area contributed by atoms with Gasteiger partial charge >= 0.3 is 0 Å². The number of likely N-dealkylation sites (N-methyl/N-ethyl adjacent to an activating group) is 1. The van der Waals surface area contributed by atoms with Crippen LogP contribution < -0.4 is 10.1 Å². The van der Waals surface area contributed by atoms with E-state index in [-0.39, 0.29) is 0 Å². The Kier molecular flexibility index (Phi) is 3.99. The molecule has 1 N–H and O–H groups in total. The first-order valence-corrected chi connectivity index (χ1v) is 7.32. The zero-order valence-corrected chi connectivity index (χ0v) is 11.6. The summed E-state index contributed by atoms with van der Waals surface area (Å²) in [5, 5.41) is 3.51. The molecule has 19 heavy (non-hydrogen) atoms. The maximum Gasteiger partial charge on any atom is 0.126 e. The SMILES string of the molecule is CN(CCOc1ccncc1CNC1CC1)C1CC1. The molecule has 4 nitrogen and oxygen atoms in total. The fraction of sp³-hybridized carbons (Fsp3) is 0.667. The van der Waals surface area contributed by atoms with Crippen LogP contribution in [0.25, 0.3) is 0 Å². The average Bonchev–Trinajstić information content (AvgIpc) is 3.30. The number of hydrogen-bond acceptors (Lipinski definition) is 4. The van der Waals surface area contributed by atoms with Crippen LogP contribution in [-0.4, -0.2) is 42.2 Å². The number of nitrogens with zero attached hydrogens (tertiary/aromatic N) is 2. The summed E-state index contributed by atoms with van der Waals surface area (Å²) < 4.78 is 5.92. The number of pyridine rings is 1. The smallest absolute Gasteiger partial charge is 0.126 e. The Morgan fingerprint density at radius 3 is 2.95 bits per heavy atom. The van der Waals surface area contributed by atoms with Crippen molar-refractivity contribution in [1.82, 2.24) is 15.2 Å². The van der Waals surface area contributed by atoms with Gasteiger partial charge in [0.1, 0.15) is 12.4 Å². The van der Waals surface area contributed by atoms with Gasteiger partial charge in [-0.2, -0.15) is 0 Å². The molecule has 3 rings (SSSR count). The molecule has 0 unspecified atom stereocenters. The van der Waals surface area contributed by atoms with Crippen molar-refractivity contribution in [3.63, 3.8) is 0 Å². The van der Waals surface area contributed by atoms with Gasteiger partial charge in [-0.25, -0.2) is 0 Å². The Morgan fingerprint density at radius 1 is 1.37 bits per heavy atom. The van der Waals surface area contributed by atoms with Crippen molar-refractivity contribution in [2.24, 2.45) is 0 Å². The van der Waals surface area contributed by atoms with Crippen molar-refractivity contribution in [1.29, 1.82) is 0 Å². The van der Waals surface area contributed by atoms with E-state index in [1.807, 2.05) is 12.3 Å². The predicted octanol–water partition coefficient (Wildman–Crippen LogP) is 1.81. The number of ether oxygens (including phenoxy) is 1. The molecule has 0 radical (unpaired) electrons. The topological polar surface area (TPSA) is 37.4 Å². The molecule has 0 bridgehead atoms. The maximum absolute atomic E-state index is 5.92. The zero-order valence-electron chi connectivity index (χ0n) is 11.6. The van der Waals surface area contributed by atoms with Crippen LogP contribution in [0.1, 0.15) is 31.2 Å². The minimum Gasteiger partial charge on any atom is -0.492 e. The van der Waals surface area contributed by atoms with Crippen LogP contribution in [0.2, 0.25) is 0 Å². The number of nitrogens with one attached hydrogen (secondary N) is 1. The predicted molar refractivity (Wildman–Crippen MR) is 75.2 cm³/mol. The largest absolute Gasteiger partial charge is 0.492 e. The summed E-state index contributed by atoms with van der Waals surface area (Å²) in [6.07, 6.45) is 9.03. The second kappa shape index (κ2) is 5.88. The van der Waals surface area contributed by atoms with Crippen LogP contribution in [-0.2, 0) is 6.54 Å². The Labute approximate surface area is 115 Å². The fourth-order valence-electron chi connectivity index (χ4n) is 2.23. The van der Waals surface area contributed by atoms with E-state index in [2.05, 4.69) is 22.2 Å². The quantitative estimate of drug-likeness (QED) is 0.774. The molecule has 0 aliphatic heterocycles. The first-order valence-electron chi connectivity index (χ1n) is 7.32. The third-order valence-electron chi connectivity index (χ3n) is 3.89. The van der Waals surface area contributed by atoms with Crippen LogP contribution in [0.4, 0.5) is 0 Å². The molecule has 0 amide bonds. The lowest BCUT2D eigenvalue weighted by atomic mass is 10.2. The highest BCUT2D eigenvalue weighted by atomic mass is 16.5. The van der Waals surface area contributed by atoms with E-state index in [0.29, 0.717) is 6.04 Å². The van der Waals surface area contributed by atoms with Gasteiger partial charge in [0.05, 0.1) is 0 Å². The van der Waals surface area contributed by atoms with E-state index < -0.39 is 0 Å². The molecule has 104 valence electrons. The summed E-state index contributed by atoms with van der Waals surface area (Å²) in [5.74, 6) is 0.979. The summed E-state index contributed by atoms with van der Waals surface area (Å²) in [6.45, 7) is 2.63. The summed E-state index contributed by atoms with van der Waals surface area (Å²) in [6, 6.07) is 3.49. The van der Waals surface area contributed by atoms with Gasteiger partial charge < -0.3 is 15.0 Å². The van der Waals surface area contributed by atoms with Gasteiger partial charge in [0.2, 0.25) is 0 Å². The molecular weight excluding hydrogens is 238 g/mol. The molecule has 2 aliphatic carbocycles. The minimum atomic E-state index is 0.717. The Hall–Kier alpha value is -1.13. The first-order chi connectivity index (χ1) is 9.33. The molecule has 2 saturated carbocycles.